The molecule has 0 heterocycles. The third-order valence-corrected chi connectivity index (χ3v) is 4.29. The molecule has 1 saturated carbocycles. The first kappa shape index (κ1) is 15.9. The first-order valence-corrected chi connectivity index (χ1v) is 7.70. The molecule has 1 aliphatic rings. The summed E-state index contributed by atoms with van der Waals surface area (Å²) in [6.07, 6.45) is 5.93. The Morgan fingerprint density at radius 2 is 2.11 bits per heavy atom. The van der Waals surface area contributed by atoms with Crippen LogP contribution in [0.15, 0.2) is 0 Å². The molecule has 0 saturated heterocycles. The molecular weight excluding hydrogens is 224 g/mol. The van der Waals surface area contributed by atoms with E-state index in [1.807, 2.05) is 0 Å². The normalized spacial score (nSPS) is 29.2. The lowest BCUT2D eigenvalue weighted by atomic mass is 9.78. The SMILES string of the molecule is CCCN(C(C)C)C1CCCC(CO)(NCC)C1. The predicted octanol–water partition coefficient (Wildman–Crippen LogP) is 2.39. The first-order chi connectivity index (χ1) is 8.58. The number of nitrogens with one attached hydrogen (secondary N) is 1. The molecule has 0 aliphatic heterocycles. The second-order valence-electron chi connectivity index (χ2n) is 6.05. The smallest absolute Gasteiger partial charge is 0.0613 e. The summed E-state index contributed by atoms with van der Waals surface area (Å²) in [4.78, 5) is 2.63. The maximum absolute atomic E-state index is 9.76. The summed E-state index contributed by atoms with van der Waals surface area (Å²) >= 11 is 0. The summed E-state index contributed by atoms with van der Waals surface area (Å²) < 4.78 is 0. The van der Waals surface area contributed by atoms with E-state index in [9.17, 15) is 5.11 Å². The highest BCUT2D eigenvalue weighted by molar-refractivity contribution is 4.96. The van der Waals surface area contributed by atoms with E-state index in [4.69, 9.17) is 0 Å². The molecule has 0 aromatic carbocycles. The van der Waals surface area contributed by atoms with Crippen molar-refractivity contribution in [2.45, 2.75) is 77.4 Å². The standard InChI is InChI=1S/C15H32N2O/c1-5-10-17(13(3)4)14-8-7-9-15(11-14,12-18)16-6-2/h13-14,16,18H,5-12H2,1-4H3. The number of hydrogen-bond acceptors (Lipinski definition) is 3. The number of rotatable bonds is 7. The van der Waals surface area contributed by atoms with Crippen molar-refractivity contribution in [3.63, 3.8) is 0 Å². The van der Waals surface area contributed by atoms with Crippen LogP contribution < -0.4 is 5.32 Å². The molecule has 3 nitrogen and oxygen atoms in total. The summed E-state index contributed by atoms with van der Waals surface area (Å²) in [5.74, 6) is 0. The fourth-order valence-electron chi connectivity index (χ4n) is 3.47. The Morgan fingerprint density at radius 3 is 2.61 bits per heavy atom. The highest BCUT2D eigenvalue weighted by Gasteiger charge is 2.37. The predicted molar refractivity (Wildman–Crippen MR) is 77.9 cm³/mol. The zero-order valence-electron chi connectivity index (χ0n) is 12.7. The van der Waals surface area contributed by atoms with E-state index >= 15 is 0 Å². The molecule has 0 aromatic heterocycles. The molecule has 0 bridgehead atoms. The Kier molecular flexibility index (Phi) is 6.61. The molecule has 3 heteroatoms. The van der Waals surface area contributed by atoms with Gasteiger partial charge in [-0.25, -0.2) is 0 Å². The molecule has 0 spiro atoms. The van der Waals surface area contributed by atoms with Crippen LogP contribution in [-0.2, 0) is 0 Å². The molecule has 108 valence electrons. The average Bonchev–Trinajstić information content (AvgIpc) is 2.36. The quantitative estimate of drug-likeness (QED) is 0.734. The van der Waals surface area contributed by atoms with Crippen LogP contribution in [0.5, 0.6) is 0 Å². The van der Waals surface area contributed by atoms with Gasteiger partial charge in [-0.05, 0) is 59.0 Å². The zero-order valence-corrected chi connectivity index (χ0v) is 12.7. The lowest BCUT2D eigenvalue weighted by Gasteiger charge is -2.45. The van der Waals surface area contributed by atoms with Gasteiger partial charge in [0, 0.05) is 17.6 Å². The molecule has 18 heavy (non-hydrogen) atoms. The largest absolute Gasteiger partial charge is 0.394 e. The Balaban J connectivity index is 2.71. The van der Waals surface area contributed by atoms with Gasteiger partial charge in [-0.1, -0.05) is 13.8 Å². The summed E-state index contributed by atoms with van der Waals surface area (Å²) in [6, 6.07) is 1.23. The van der Waals surface area contributed by atoms with E-state index in [0.29, 0.717) is 12.1 Å². The molecule has 1 fully saturated rings. The van der Waals surface area contributed by atoms with Crippen LogP contribution >= 0.6 is 0 Å². The number of aliphatic hydroxyl groups is 1. The molecule has 0 aromatic rings. The van der Waals surface area contributed by atoms with Crippen molar-refractivity contribution in [2.24, 2.45) is 0 Å². The van der Waals surface area contributed by atoms with Gasteiger partial charge in [-0.3, -0.25) is 4.90 Å². The average molecular weight is 256 g/mol. The van der Waals surface area contributed by atoms with Crippen LogP contribution in [0.4, 0.5) is 0 Å². The number of likely N-dealkylation sites (N-methyl/N-ethyl adjacent to an activating group) is 1. The van der Waals surface area contributed by atoms with Crippen LogP contribution in [0, 0.1) is 0 Å². The van der Waals surface area contributed by atoms with Crippen molar-refractivity contribution >= 4 is 0 Å². The van der Waals surface area contributed by atoms with E-state index < -0.39 is 0 Å². The van der Waals surface area contributed by atoms with E-state index in [2.05, 4.69) is 37.9 Å². The van der Waals surface area contributed by atoms with Crippen molar-refractivity contribution in [3.05, 3.63) is 0 Å². The van der Waals surface area contributed by atoms with Gasteiger partial charge in [0.1, 0.15) is 0 Å². The topological polar surface area (TPSA) is 35.5 Å². The van der Waals surface area contributed by atoms with Crippen LogP contribution in [0.25, 0.3) is 0 Å². The fourth-order valence-corrected chi connectivity index (χ4v) is 3.47. The van der Waals surface area contributed by atoms with Gasteiger partial charge in [0.15, 0.2) is 0 Å². The van der Waals surface area contributed by atoms with Crippen molar-refractivity contribution in [2.75, 3.05) is 19.7 Å². The van der Waals surface area contributed by atoms with Gasteiger partial charge in [0.25, 0.3) is 0 Å². The van der Waals surface area contributed by atoms with Crippen molar-refractivity contribution in [3.8, 4) is 0 Å². The first-order valence-electron chi connectivity index (χ1n) is 7.70. The monoisotopic (exact) mass is 256 g/mol. The van der Waals surface area contributed by atoms with Gasteiger partial charge in [0.05, 0.1) is 6.61 Å². The minimum atomic E-state index is -0.0292. The van der Waals surface area contributed by atoms with Gasteiger partial charge in [-0.2, -0.15) is 0 Å². The van der Waals surface area contributed by atoms with Crippen LogP contribution in [0.2, 0.25) is 0 Å². The van der Waals surface area contributed by atoms with Crippen molar-refractivity contribution in [1.29, 1.82) is 0 Å². The van der Waals surface area contributed by atoms with E-state index in [1.165, 1.54) is 25.8 Å². The molecule has 2 unspecified atom stereocenters. The Labute approximate surface area is 113 Å². The number of aliphatic hydroxyl groups excluding tert-OH is 1. The molecule has 0 radical (unpaired) electrons. The lowest BCUT2D eigenvalue weighted by Crippen LogP contribution is -2.56. The Hall–Kier alpha value is -0.120. The summed E-state index contributed by atoms with van der Waals surface area (Å²) in [7, 11) is 0. The highest BCUT2D eigenvalue weighted by atomic mass is 16.3. The second kappa shape index (κ2) is 7.46. The Morgan fingerprint density at radius 1 is 1.39 bits per heavy atom. The van der Waals surface area contributed by atoms with Crippen molar-refractivity contribution < 1.29 is 5.11 Å². The molecule has 2 atom stereocenters. The van der Waals surface area contributed by atoms with Crippen LogP contribution in [-0.4, -0.2) is 47.3 Å². The fraction of sp³-hybridized carbons (Fsp3) is 1.00. The van der Waals surface area contributed by atoms with Gasteiger partial charge in [0.2, 0.25) is 0 Å². The minimum Gasteiger partial charge on any atom is -0.394 e. The Bertz CT molecular complexity index is 229. The summed E-state index contributed by atoms with van der Waals surface area (Å²) in [6.45, 7) is 11.4. The van der Waals surface area contributed by atoms with Gasteiger partial charge in [-0.15, -0.1) is 0 Å². The number of hydrogen-bond donors (Lipinski definition) is 2. The third kappa shape index (κ3) is 3.94. The summed E-state index contributed by atoms with van der Waals surface area (Å²) in [5, 5.41) is 13.3. The van der Waals surface area contributed by atoms with E-state index in [1.54, 1.807) is 0 Å². The van der Waals surface area contributed by atoms with Crippen LogP contribution in [0.1, 0.15) is 59.8 Å². The van der Waals surface area contributed by atoms with Gasteiger partial charge < -0.3 is 10.4 Å². The maximum atomic E-state index is 9.76. The van der Waals surface area contributed by atoms with E-state index in [0.717, 1.165) is 19.4 Å². The van der Waals surface area contributed by atoms with E-state index in [-0.39, 0.29) is 12.1 Å². The summed E-state index contributed by atoms with van der Waals surface area (Å²) in [5.41, 5.74) is -0.0292. The maximum Gasteiger partial charge on any atom is 0.0613 e. The van der Waals surface area contributed by atoms with Crippen LogP contribution in [0.3, 0.4) is 0 Å². The molecular formula is C15H32N2O. The molecule has 2 N–H and O–H groups in total. The minimum absolute atomic E-state index is 0.0292. The third-order valence-electron chi connectivity index (χ3n) is 4.29. The van der Waals surface area contributed by atoms with Gasteiger partial charge >= 0.3 is 0 Å². The molecule has 1 rings (SSSR count). The highest BCUT2D eigenvalue weighted by Crippen LogP contribution is 2.32. The lowest BCUT2D eigenvalue weighted by molar-refractivity contribution is 0.0461. The van der Waals surface area contributed by atoms with Crippen molar-refractivity contribution in [1.82, 2.24) is 10.2 Å². The molecule has 0 amide bonds. The molecule has 1 aliphatic carbocycles. The number of nitrogens with zero attached hydrogens (tertiary/aromatic N) is 1. The zero-order chi connectivity index (χ0) is 13.6. The second-order valence-corrected chi connectivity index (χ2v) is 6.05.